The van der Waals surface area contributed by atoms with Crippen molar-refractivity contribution in [3.63, 3.8) is 0 Å². The highest BCUT2D eigenvalue weighted by atomic mass is 35.5. The third kappa shape index (κ3) is 4.35. The van der Waals surface area contributed by atoms with Crippen LogP contribution in [0.5, 0.6) is 0 Å². The van der Waals surface area contributed by atoms with Crippen LogP contribution in [-0.2, 0) is 9.53 Å². The summed E-state index contributed by atoms with van der Waals surface area (Å²) in [5.41, 5.74) is 5.01. The van der Waals surface area contributed by atoms with E-state index in [1.54, 1.807) is 0 Å². The van der Waals surface area contributed by atoms with Gasteiger partial charge in [0.05, 0.1) is 11.6 Å². The van der Waals surface area contributed by atoms with Gasteiger partial charge in [-0.05, 0) is 19.1 Å². The van der Waals surface area contributed by atoms with E-state index in [0.29, 0.717) is 0 Å². The van der Waals surface area contributed by atoms with Crippen LogP contribution in [0.3, 0.4) is 0 Å². The fourth-order valence-electron chi connectivity index (χ4n) is 1.56. The molecule has 0 aliphatic heterocycles. The van der Waals surface area contributed by atoms with Crippen LogP contribution in [0.15, 0.2) is 12.1 Å². The Morgan fingerprint density at radius 1 is 1.38 bits per heavy atom. The molecule has 0 atom stereocenters. The van der Waals surface area contributed by atoms with Crippen LogP contribution in [0.25, 0.3) is 0 Å². The Bertz CT molecular complexity index is 564. The molecule has 0 saturated heterocycles. The summed E-state index contributed by atoms with van der Waals surface area (Å²) in [6.07, 6.45) is -1.76. The van der Waals surface area contributed by atoms with Crippen LogP contribution in [0.1, 0.15) is 30.1 Å². The molecule has 0 amide bonds. The summed E-state index contributed by atoms with van der Waals surface area (Å²) < 4.78 is 44.3. The average Bonchev–Trinajstić information content (AvgIpc) is 2.40. The zero-order chi connectivity index (χ0) is 16.2. The number of halogens is 4. The van der Waals surface area contributed by atoms with E-state index < -0.39 is 41.4 Å². The van der Waals surface area contributed by atoms with E-state index in [4.69, 9.17) is 17.3 Å². The fourth-order valence-corrected chi connectivity index (χ4v) is 1.77. The number of carbonyl (C=O) groups is 2. The number of alkyl halides is 2. The summed E-state index contributed by atoms with van der Waals surface area (Å²) in [6, 6.07) is 2.00. The predicted octanol–water partition coefficient (Wildman–Crippen LogP) is 3.22. The molecule has 0 aliphatic rings. The van der Waals surface area contributed by atoms with E-state index >= 15 is 0 Å². The molecular weight excluding hydrogens is 311 g/mol. The van der Waals surface area contributed by atoms with Crippen molar-refractivity contribution >= 4 is 29.0 Å². The maximum atomic E-state index is 13.4. The molecule has 0 unspecified atom stereocenters. The van der Waals surface area contributed by atoms with Crippen LogP contribution in [0.4, 0.5) is 18.9 Å². The summed E-state index contributed by atoms with van der Waals surface area (Å²) in [5.74, 6) is -7.26. The van der Waals surface area contributed by atoms with Gasteiger partial charge in [0.2, 0.25) is 0 Å². The second kappa shape index (κ2) is 6.80. The monoisotopic (exact) mass is 323 g/mol. The van der Waals surface area contributed by atoms with Crippen molar-refractivity contribution in [2.24, 2.45) is 0 Å². The second-order valence-corrected chi connectivity index (χ2v) is 4.59. The lowest BCUT2D eigenvalue weighted by atomic mass is 10.0. The largest absolute Gasteiger partial charge is 0.462 e. The summed E-state index contributed by atoms with van der Waals surface area (Å²) in [6.45, 7) is 1.18. The quantitative estimate of drug-likeness (QED) is 0.496. The summed E-state index contributed by atoms with van der Waals surface area (Å²) in [4.78, 5) is 22.8. The highest BCUT2D eigenvalue weighted by Gasteiger charge is 2.40. The smallest absolute Gasteiger partial charge is 0.376 e. The van der Waals surface area contributed by atoms with Crippen LogP contribution in [0, 0.1) is 5.82 Å². The van der Waals surface area contributed by atoms with Crippen molar-refractivity contribution in [1.82, 2.24) is 0 Å². The molecule has 0 aromatic heterocycles. The highest BCUT2D eigenvalue weighted by molar-refractivity contribution is 6.34. The van der Waals surface area contributed by atoms with Crippen molar-refractivity contribution in [2.75, 3.05) is 12.3 Å². The molecule has 1 aromatic carbocycles. The molecule has 8 heteroatoms. The molecule has 0 bridgehead atoms. The molecule has 1 aromatic rings. The minimum Gasteiger partial charge on any atom is -0.462 e. The number of ether oxygens (including phenoxy) is 1. The minimum absolute atomic E-state index is 0.0580. The molecule has 0 fully saturated rings. The SMILES string of the molecule is CCOC(=O)C(F)(F)CCC(=O)c1cc(N)cc(F)c1Cl. The summed E-state index contributed by atoms with van der Waals surface area (Å²) >= 11 is 5.59. The van der Waals surface area contributed by atoms with E-state index in [0.717, 1.165) is 12.1 Å². The van der Waals surface area contributed by atoms with Gasteiger partial charge >= 0.3 is 11.9 Å². The Morgan fingerprint density at radius 3 is 2.57 bits per heavy atom. The number of nitrogens with two attached hydrogens (primary N) is 1. The number of nitrogen functional groups attached to an aromatic ring is 1. The Kier molecular flexibility index (Phi) is 5.60. The molecule has 0 saturated carbocycles. The lowest BCUT2D eigenvalue weighted by Crippen LogP contribution is -2.31. The molecule has 116 valence electrons. The average molecular weight is 324 g/mol. The van der Waals surface area contributed by atoms with E-state index in [-0.39, 0.29) is 17.9 Å². The van der Waals surface area contributed by atoms with Crippen molar-refractivity contribution in [1.29, 1.82) is 0 Å². The topological polar surface area (TPSA) is 69.4 Å². The number of Topliss-reactive ketones (excluding diaryl/α,β-unsaturated/α-hetero) is 1. The van der Waals surface area contributed by atoms with Gasteiger partial charge in [0.25, 0.3) is 0 Å². The Morgan fingerprint density at radius 2 is 2.00 bits per heavy atom. The van der Waals surface area contributed by atoms with Crippen LogP contribution in [0.2, 0.25) is 5.02 Å². The Labute approximate surface area is 124 Å². The number of hydrogen-bond donors (Lipinski definition) is 1. The van der Waals surface area contributed by atoms with E-state index in [9.17, 15) is 22.8 Å². The first kappa shape index (κ1) is 17.3. The molecule has 21 heavy (non-hydrogen) atoms. The number of hydrogen-bond acceptors (Lipinski definition) is 4. The maximum Gasteiger partial charge on any atom is 0.376 e. The first-order valence-electron chi connectivity index (χ1n) is 6.01. The van der Waals surface area contributed by atoms with Crippen molar-refractivity contribution in [2.45, 2.75) is 25.7 Å². The fraction of sp³-hybridized carbons (Fsp3) is 0.385. The summed E-state index contributed by atoms with van der Waals surface area (Å²) in [7, 11) is 0. The summed E-state index contributed by atoms with van der Waals surface area (Å²) in [5, 5.41) is -0.492. The first-order chi connectivity index (χ1) is 9.69. The van der Waals surface area contributed by atoms with Crippen LogP contribution in [-0.4, -0.2) is 24.3 Å². The predicted molar refractivity (Wildman–Crippen MR) is 71.0 cm³/mol. The van der Waals surface area contributed by atoms with Crippen molar-refractivity contribution < 1.29 is 27.5 Å². The van der Waals surface area contributed by atoms with Gasteiger partial charge in [-0.2, -0.15) is 8.78 Å². The molecule has 0 spiro atoms. The van der Waals surface area contributed by atoms with E-state index in [2.05, 4.69) is 4.74 Å². The number of carbonyl (C=O) groups excluding carboxylic acids is 2. The van der Waals surface area contributed by atoms with E-state index in [1.807, 2.05) is 0 Å². The van der Waals surface area contributed by atoms with Gasteiger partial charge in [-0.3, -0.25) is 4.79 Å². The molecule has 1 rings (SSSR count). The minimum atomic E-state index is -3.79. The van der Waals surface area contributed by atoms with Crippen molar-refractivity contribution in [3.05, 3.63) is 28.5 Å². The number of esters is 1. The Balaban J connectivity index is 2.81. The van der Waals surface area contributed by atoms with Gasteiger partial charge in [-0.25, -0.2) is 9.18 Å². The number of benzene rings is 1. The van der Waals surface area contributed by atoms with Gasteiger partial charge in [0.1, 0.15) is 5.82 Å². The van der Waals surface area contributed by atoms with E-state index in [1.165, 1.54) is 6.92 Å². The number of ketones is 1. The van der Waals surface area contributed by atoms with Gasteiger partial charge in [0.15, 0.2) is 5.78 Å². The van der Waals surface area contributed by atoms with Gasteiger partial charge < -0.3 is 10.5 Å². The van der Waals surface area contributed by atoms with Crippen molar-refractivity contribution in [3.8, 4) is 0 Å². The zero-order valence-electron chi connectivity index (χ0n) is 11.1. The molecule has 0 heterocycles. The molecule has 2 N–H and O–H groups in total. The van der Waals surface area contributed by atoms with Crippen LogP contribution >= 0.6 is 11.6 Å². The van der Waals surface area contributed by atoms with Gasteiger partial charge in [0, 0.05) is 24.1 Å². The van der Waals surface area contributed by atoms with Gasteiger partial charge in [-0.1, -0.05) is 11.6 Å². The number of anilines is 1. The van der Waals surface area contributed by atoms with Crippen LogP contribution < -0.4 is 5.73 Å². The molecular formula is C13H13ClF3NO3. The molecule has 4 nitrogen and oxygen atoms in total. The standard InChI is InChI=1S/C13H13ClF3NO3/c1-2-21-12(20)13(16,17)4-3-10(19)8-5-7(18)6-9(15)11(8)14/h5-6H,2-4,18H2,1H3. The third-order valence-corrected chi connectivity index (χ3v) is 2.98. The lowest BCUT2D eigenvalue weighted by Gasteiger charge is -2.14. The zero-order valence-corrected chi connectivity index (χ0v) is 11.8. The highest BCUT2D eigenvalue weighted by Crippen LogP contribution is 2.28. The second-order valence-electron chi connectivity index (χ2n) is 4.21. The first-order valence-corrected chi connectivity index (χ1v) is 6.39. The number of rotatable bonds is 6. The molecule has 0 radical (unpaired) electrons. The third-order valence-electron chi connectivity index (χ3n) is 2.59. The lowest BCUT2D eigenvalue weighted by molar-refractivity contribution is -0.172. The Hall–Kier alpha value is -1.76. The normalized spacial score (nSPS) is 11.3. The molecule has 0 aliphatic carbocycles. The van der Waals surface area contributed by atoms with Gasteiger partial charge in [-0.15, -0.1) is 0 Å². The maximum absolute atomic E-state index is 13.4.